The molecular formula is C22H30N4O2. The topological polar surface area (TPSA) is 76.1 Å². The number of aromatic nitrogens is 2. The summed E-state index contributed by atoms with van der Waals surface area (Å²) < 4.78 is 5.53. The summed E-state index contributed by atoms with van der Waals surface area (Å²) in [6, 6.07) is 6.36. The molecule has 3 rings (SSSR count). The highest BCUT2D eigenvalue weighted by Gasteiger charge is 2.18. The zero-order valence-electron chi connectivity index (χ0n) is 17.2. The lowest BCUT2D eigenvalue weighted by Gasteiger charge is -2.20. The third-order valence-corrected chi connectivity index (χ3v) is 5.04. The normalized spacial score (nSPS) is 16.6. The first kappa shape index (κ1) is 20.3. The average molecular weight is 383 g/mol. The molecule has 2 aromatic rings. The summed E-state index contributed by atoms with van der Waals surface area (Å²) in [6.07, 6.45) is 5.29. The summed E-state index contributed by atoms with van der Waals surface area (Å²) in [7, 11) is 0. The van der Waals surface area contributed by atoms with E-state index in [-0.39, 0.29) is 12.0 Å². The number of carbonyl (C=O) groups is 1. The molecule has 150 valence electrons. The van der Waals surface area contributed by atoms with Crippen molar-refractivity contribution >= 4 is 17.5 Å². The Morgan fingerprint density at radius 2 is 1.79 bits per heavy atom. The molecule has 1 fully saturated rings. The van der Waals surface area contributed by atoms with Gasteiger partial charge in [-0.3, -0.25) is 4.79 Å². The Labute approximate surface area is 167 Å². The second-order valence-electron chi connectivity index (χ2n) is 7.89. The number of ether oxygens (including phenoxy) is 1. The average Bonchev–Trinajstić information content (AvgIpc) is 3.20. The quantitative estimate of drug-likeness (QED) is 0.743. The zero-order chi connectivity index (χ0) is 20.1. The van der Waals surface area contributed by atoms with Crippen LogP contribution in [0.5, 0.6) is 0 Å². The molecule has 0 saturated carbocycles. The van der Waals surface area contributed by atoms with Crippen LogP contribution >= 0.6 is 0 Å². The van der Waals surface area contributed by atoms with Gasteiger partial charge in [0.1, 0.15) is 0 Å². The lowest BCUT2D eigenvalue weighted by molar-refractivity contribution is 0.0857. The van der Waals surface area contributed by atoms with Crippen LogP contribution in [-0.2, 0) is 4.74 Å². The molecule has 0 spiro atoms. The van der Waals surface area contributed by atoms with Gasteiger partial charge in [-0.2, -0.15) is 0 Å². The number of carbonyl (C=O) groups excluding carboxylic acids is 1. The second-order valence-corrected chi connectivity index (χ2v) is 7.89. The molecule has 1 saturated heterocycles. The van der Waals surface area contributed by atoms with Crippen molar-refractivity contribution in [2.45, 2.75) is 58.5 Å². The Balaban J connectivity index is 1.71. The fourth-order valence-electron chi connectivity index (χ4n) is 3.43. The van der Waals surface area contributed by atoms with Crippen molar-refractivity contribution in [3.05, 3.63) is 47.3 Å². The molecule has 28 heavy (non-hydrogen) atoms. The fourth-order valence-corrected chi connectivity index (χ4v) is 3.43. The van der Waals surface area contributed by atoms with Crippen molar-refractivity contribution in [3.8, 4) is 0 Å². The molecule has 1 atom stereocenters. The van der Waals surface area contributed by atoms with Gasteiger partial charge in [0.25, 0.3) is 5.91 Å². The number of benzene rings is 1. The molecule has 0 radical (unpaired) electrons. The Hall–Kier alpha value is -2.47. The number of hydrogen-bond donors (Lipinski definition) is 2. The lowest BCUT2D eigenvalue weighted by Crippen LogP contribution is -2.31. The summed E-state index contributed by atoms with van der Waals surface area (Å²) in [5.41, 5.74) is 3.97. The SMILES string of the molecule is CC(C)c1cccc(C(C)C)c1Nc1ncc(C(=O)NCC2CCCO2)cn1. The van der Waals surface area contributed by atoms with Gasteiger partial charge in [0.2, 0.25) is 5.95 Å². The van der Waals surface area contributed by atoms with Crippen LogP contribution in [0.1, 0.15) is 73.9 Å². The first-order chi connectivity index (χ1) is 13.5. The summed E-state index contributed by atoms with van der Waals surface area (Å²) in [6.45, 7) is 10.00. The Morgan fingerprint density at radius 1 is 1.14 bits per heavy atom. The lowest BCUT2D eigenvalue weighted by atomic mass is 9.93. The molecule has 2 N–H and O–H groups in total. The number of para-hydroxylation sites is 1. The van der Waals surface area contributed by atoms with Crippen LogP contribution in [0.2, 0.25) is 0 Å². The van der Waals surface area contributed by atoms with E-state index in [1.165, 1.54) is 11.1 Å². The molecule has 6 heteroatoms. The van der Waals surface area contributed by atoms with Gasteiger partial charge in [-0.15, -0.1) is 0 Å². The van der Waals surface area contributed by atoms with Crippen molar-refractivity contribution in [1.29, 1.82) is 0 Å². The predicted octanol–water partition coefficient (Wildman–Crippen LogP) is 4.38. The second kappa shape index (κ2) is 9.15. The number of hydrogen-bond acceptors (Lipinski definition) is 5. The molecule has 2 heterocycles. The zero-order valence-corrected chi connectivity index (χ0v) is 17.2. The van der Waals surface area contributed by atoms with E-state index < -0.39 is 0 Å². The van der Waals surface area contributed by atoms with E-state index in [4.69, 9.17) is 4.74 Å². The smallest absolute Gasteiger partial charge is 0.254 e. The van der Waals surface area contributed by atoms with Crippen LogP contribution in [0.25, 0.3) is 0 Å². The van der Waals surface area contributed by atoms with Crippen LogP contribution in [0.4, 0.5) is 11.6 Å². The minimum atomic E-state index is -0.174. The molecule has 1 aliphatic rings. The van der Waals surface area contributed by atoms with E-state index in [2.05, 4.69) is 66.5 Å². The van der Waals surface area contributed by atoms with E-state index >= 15 is 0 Å². The summed E-state index contributed by atoms with van der Waals surface area (Å²) >= 11 is 0. The highest BCUT2D eigenvalue weighted by Crippen LogP contribution is 2.33. The molecule has 1 aromatic carbocycles. The van der Waals surface area contributed by atoms with Crippen molar-refractivity contribution in [2.75, 3.05) is 18.5 Å². The van der Waals surface area contributed by atoms with E-state index in [0.29, 0.717) is 29.9 Å². The number of amides is 1. The van der Waals surface area contributed by atoms with Crippen LogP contribution in [0, 0.1) is 0 Å². The molecule has 1 amide bonds. The Morgan fingerprint density at radius 3 is 2.32 bits per heavy atom. The summed E-state index contributed by atoms with van der Waals surface area (Å²) in [4.78, 5) is 21.0. The number of nitrogens with zero attached hydrogens (tertiary/aromatic N) is 2. The van der Waals surface area contributed by atoms with Crippen molar-refractivity contribution in [3.63, 3.8) is 0 Å². The van der Waals surface area contributed by atoms with Gasteiger partial charge in [-0.25, -0.2) is 9.97 Å². The van der Waals surface area contributed by atoms with Crippen LogP contribution in [-0.4, -0.2) is 35.1 Å². The van der Waals surface area contributed by atoms with Gasteiger partial charge < -0.3 is 15.4 Å². The van der Waals surface area contributed by atoms with Crippen molar-refractivity contribution in [1.82, 2.24) is 15.3 Å². The summed E-state index contributed by atoms with van der Waals surface area (Å²) in [5, 5.41) is 6.27. The molecular weight excluding hydrogens is 352 g/mol. The molecule has 0 aliphatic carbocycles. The van der Waals surface area contributed by atoms with Gasteiger partial charge in [0.05, 0.1) is 11.7 Å². The van der Waals surface area contributed by atoms with Crippen LogP contribution in [0.15, 0.2) is 30.6 Å². The fraction of sp³-hybridized carbons (Fsp3) is 0.500. The number of nitrogens with one attached hydrogen (secondary N) is 2. The molecule has 0 bridgehead atoms. The standard InChI is InChI=1S/C22H30N4O2/c1-14(2)18-8-5-9-19(15(3)4)20(18)26-22-24-11-16(12-25-22)21(27)23-13-17-7-6-10-28-17/h5,8-9,11-12,14-15,17H,6-7,10,13H2,1-4H3,(H,23,27)(H,24,25,26). The molecule has 1 aliphatic heterocycles. The maximum absolute atomic E-state index is 12.3. The van der Waals surface area contributed by atoms with Crippen LogP contribution in [0.3, 0.4) is 0 Å². The van der Waals surface area contributed by atoms with Crippen molar-refractivity contribution in [2.24, 2.45) is 0 Å². The largest absolute Gasteiger partial charge is 0.376 e. The minimum Gasteiger partial charge on any atom is -0.376 e. The predicted molar refractivity (Wildman–Crippen MR) is 111 cm³/mol. The molecule has 1 unspecified atom stereocenters. The van der Waals surface area contributed by atoms with Gasteiger partial charge in [-0.1, -0.05) is 45.9 Å². The third kappa shape index (κ3) is 4.87. The maximum atomic E-state index is 12.3. The van der Waals surface area contributed by atoms with Crippen molar-refractivity contribution < 1.29 is 9.53 Å². The van der Waals surface area contributed by atoms with E-state index in [1.54, 1.807) is 12.4 Å². The Kier molecular flexibility index (Phi) is 6.62. The van der Waals surface area contributed by atoms with Gasteiger partial charge in [0, 0.05) is 31.2 Å². The molecule has 1 aromatic heterocycles. The van der Waals surface area contributed by atoms with Gasteiger partial charge >= 0.3 is 0 Å². The minimum absolute atomic E-state index is 0.118. The number of rotatable bonds is 7. The van der Waals surface area contributed by atoms with E-state index in [9.17, 15) is 4.79 Å². The summed E-state index contributed by atoms with van der Waals surface area (Å²) in [5.74, 6) is 1.08. The monoisotopic (exact) mass is 382 g/mol. The van der Waals surface area contributed by atoms with E-state index in [0.717, 1.165) is 25.1 Å². The van der Waals surface area contributed by atoms with E-state index in [1.807, 2.05) is 0 Å². The third-order valence-electron chi connectivity index (χ3n) is 5.04. The highest BCUT2D eigenvalue weighted by molar-refractivity contribution is 5.93. The van der Waals surface area contributed by atoms with Gasteiger partial charge in [0.15, 0.2) is 0 Å². The first-order valence-electron chi connectivity index (χ1n) is 10.1. The number of anilines is 2. The first-order valence-corrected chi connectivity index (χ1v) is 10.1. The van der Waals surface area contributed by atoms with Gasteiger partial charge in [-0.05, 0) is 35.8 Å². The van der Waals surface area contributed by atoms with Crippen LogP contribution < -0.4 is 10.6 Å². The Bertz CT molecular complexity index is 770. The molecule has 6 nitrogen and oxygen atoms in total. The maximum Gasteiger partial charge on any atom is 0.254 e. The highest BCUT2D eigenvalue weighted by atomic mass is 16.5.